The molecule has 0 bridgehead atoms. The number of nitrogens with one attached hydrogen (secondary N) is 3. The Morgan fingerprint density at radius 3 is 2.62 bits per heavy atom. The fourth-order valence-corrected chi connectivity index (χ4v) is 3.50. The first kappa shape index (κ1) is 19.8. The summed E-state index contributed by atoms with van der Waals surface area (Å²) in [5.74, 6) is 0.609. The summed E-state index contributed by atoms with van der Waals surface area (Å²) in [7, 11) is 0. The number of aromatic nitrogens is 4. The van der Waals surface area contributed by atoms with E-state index in [0.717, 1.165) is 28.1 Å². The number of hydrogen-bond donors (Lipinski definition) is 3. The number of aromatic amines is 1. The smallest absolute Gasteiger partial charge is 0.408 e. The molecule has 9 heteroatoms. The molecule has 0 aliphatic rings. The van der Waals surface area contributed by atoms with Crippen LogP contribution < -0.4 is 16.4 Å². The molecule has 3 N–H and O–H groups in total. The van der Waals surface area contributed by atoms with E-state index >= 15 is 0 Å². The lowest BCUT2D eigenvalue weighted by atomic mass is 10.1. The van der Waals surface area contributed by atoms with Gasteiger partial charge in [0.05, 0.1) is 10.5 Å². The van der Waals surface area contributed by atoms with E-state index in [1.807, 2.05) is 43.3 Å². The lowest BCUT2D eigenvalue weighted by molar-refractivity contribution is 0.555. The topological polar surface area (TPSA) is 109 Å². The summed E-state index contributed by atoms with van der Waals surface area (Å²) in [6.07, 6.45) is 5.07. The molecule has 158 valence electrons. The Balaban J connectivity index is 1.36. The first-order chi connectivity index (χ1) is 15.5. The average molecular weight is 445 g/mol. The second kappa shape index (κ2) is 8.16. The minimum Gasteiger partial charge on any atom is -0.408 e. The maximum absolute atomic E-state index is 11.4. The predicted molar refractivity (Wildman–Crippen MR) is 125 cm³/mol. The number of hydrogen-bond acceptors (Lipinski definition) is 7. The van der Waals surface area contributed by atoms with Crippen LogP contribution in [0.15, 0.2) is 76.3 Å². The Kier molecular flexibility index (Phi) is 5.04. The van der Waals surface area contributed by atoms with Crippen molar-refractivity contribution in [3.63, 3.8) is 0 Å². The second-order valence-electron chi connectivity index (χ2n) is 7.13. The van der Waals surface area contributed by atoms with Gasteiger partial charge in [0, 0.05) is 41.1 Å². The lowest BCUT2D eigenvalue weighted by Crippen LogP contribution is -2.02. The second-order valence-corrected chi connectivity index (χ2v) is 7.54. The summed E-state index contributed by atoms with van der Waals surface area (Å²) < 4.78 is 5.04. The summed E-state index contributed by atoms with van der Waals surface area (Å²) in [5.41, 5.74) is 5.49. The number of oxazole rings is 1. The molecule has 0 saturated carbocycles. The van der Waals surface area contributed by atoms with Gasteiger partial charge in [-0.3, -0.25) is 9.97 Å². The minimum absolute atomic E-state index is 0.450. The van der Waals surface area contributed by atoms with Crippen molar-refractivity contribution < 1.29 is 4.42 Å². The van der Waals surface area contributed by atoms with Gasteiger partial charge in [0.15, 0.2) is 5.58 Å². The van der Waals surface area contributed by atoms with Gasteiger partial charge < -0.3 is 15.1 Å². The third-order valence-electron chi connectivity index (χ3n) is 4.88. The molecule has 3 heterocycles. The number of fused-ring (bicyclic) bond motifs is 1. The molecule has 5 aromatic rings. The van der Waals surface area contributed by atoms with E-state index in [4.69, 9.17) is 16.0 Å². The van der Waals surface area contributed by atoms with Gasteiger partial charge >= 0.3 is 5.76 Å². The van der Waals surface area contributed by atoms with E-state index in [1.165, 1.54) is 0 Å². The van der Waals surface area contributed by atoms with E-state index in [-0.39, 0.29) is 0 Å². The van der Waals surface area contributed by atoms with Crippen LogP contribution in [-0.4, -0.2) is 19.9 Å². The molecule has 2 aromatic carbocycles. The summed E-state index contributed by atoms with van der Waals surface area (Å²) in [6.45, 7) is 1.91. The highest BCUT2D eigenvalue weighted by molar-refractivity contribution is 6.33. The van der Waals surface area contributed by atoms with Crippen molar-refractivity contribution in [1.29, 1.82) is 0 Å². The summed E-state index contributed by atoms with van der Waals surface area (Å²) in [6, 6.07) is 15.0. The van der Waals surface area contributed by atoms with Gasteiger partial charge in [0.2, 0.25) is 5.95 Å². The molecule has 0 amide bonds. The molecule has 0 atom stereocenters. The van der Waals surface area contributed by atoms with Crippen LogP contribution in [0.5, 0.6) is 0 Å². The zero-order chi connectivity index (χ0) is 22.1. The highest BCUT2D eigenvalue weighted by atomic mass is 35.5. The van der Waals surface area contributed by atoms with Gasteiger partial charge in [-0.25, -0.2) is 9.78 Å². The normalized spacial score (nSPS) is 10.9. The Labute approximate surface area is 187 Å². The summed E-state index contributed by atoms with van der Waals surface area (Å²) in [4.78, 5) is 27.0. The third-order valence-corrected chi connectivity index (χ3v) is 5.18. The zero-order valence-electron chi connectivity index (χ0n) is 16.9. The molecule has 0 fully saturated rings. The fraction of sp³-hybridized carbons (Fsp3) is 0.0435. The third kappa shape index (κ3) is 4.03. The van der Waals surface area contributed by atoms with Crippen LogP contribution in [0.1, 0.15) is 5.56 Å². The highest BCUT2D eigenvalue weighted by Gasteiger charge is 2.08. The number of aryl methyl sites for hydroxylation is 1. The molecular formula is C23H17ClN6O2. The van der Waals surface area contributed by atoms with Gasteiger partial charge in [-0.05, 0) is 48.9 Å². The molecule has 0 unspecified atom stereocenters. The number of H-pyrrole nitrogens is 1. The van der Waals surface area contributed by atoms with Crippen molar-refractivity contribution in [3.05, 3.63) is 88.3 Å². The van der Waals surface area contributed by atoms with E-state index < -0.39 is 5.76 Å². The van der Waals surface area contributed by atoms with E-state index in [1.54, 1.807) is 30.7 Å². The first-order valence-electron chi connectivity index (χ1n) is 9.76. The van der Waals surface area contributed by atoms with Gasteiger partial charge in [-0.1, -0.05) is 23.7 Å². The number of pyridine rings is 1. The minimum atomic E-state index is -0.487. The molecule has 5 rings (SSSR count). The predicted octanol–water partition coefficient (Wildman–Crippen LogP) is 5.42. The average Bonchev–Trinajstić information content (AvgIpc) is 3.16. The first-order valence-corrected chi connectivity index (χ1v) is 10.1. The monoisotopic (exact) mass is 444 g/mol. The number of anilines is 4. The standard InChI is InChI=1S/C23H17ClN6O2/c1-13-11-26-22(28-15-4-2-14(3-5-15)17-8-9-25-12-18(17)24)30-21(13)27-16-6-7-20-19(10-16)29-23(31)32-20/h2-12H,1H3,(H,29,31)(H2,26,27,28,30). The van der Waals surface area contributed by atoms with Crippen LogP contribution in [-0.2, 0) is 0 Å². The Morgan fingerprint density at radius 2 is 1.81 bits per heavy atom. The summed E-state index contributed by atoms with van der Waals surface area (Å²) >= 11 is 6.23. The number of benzene rings is 2. The number of rotatable bonds is 5. The largest absolute Gasteiger partial charge is 0.417 e. The number of nitrogens with zero attached hydrogens (tertiary/aromatic N) is 3. The molecule has 3 aromatic heterocycles. The van der Waals surface area contributed by atoms with Crippen molar-refractivity contribution in [1.82, 2.24) is 19.9 Å². The maximum atomic E-state index is 11.4. The van der Waals surface area contributed by atoms with Gasteiger partial charge in [0.25, 0.3) is 0 Å². The maximum Gasteiger partial charge on any atom is 0.417 e. The fourth-order valence-electron chi connectivity index (χ4n) is 3.27. The van der Waals surface area contributed by atoms with Gasteiger partial charge in [-0.2, -0.15) is 4.98 Å². The van der Waals surface area contributed by atoms with Gasteiger partial charge in [0.1, 0.15) is 5.82 Å². The quantitative estimate of drug-likeness (QED) is 0.332. The molecule has 0 saturated heterocycles. The van der Waals surface area contributed by atoms with Crippen molar-refractivity contribution in [2.45, 2.75) is 6.92 Å². The molecular weight excluding hydrogens is 428 g/mol. The molecule has 32 heavy (non-hydrogen) atoms. The van der Waals surface area contributed by atoms with Crippen molar-refractivity contribution >= 4 is 45.8 Å². The molecule has 0 radical (unpaired) electrons. The van der Waals surface area contributed by atoms with Crippen LogP contribution in [0.2, 0.25) is 5.02 Å². The Bertz CT molecular complexity index is 1480. The molecule has 0 aliphatic heterocycles. The van der Waals surface area contributed by atoms with Crippen LogP contribution in [0.3, 0.4) is 0 Å². The molecule has 0 aliphatic carbocycles. The SMILES string of the molecule is Cc1cnc(Nc2ccc(-c3ccncc3Cl)cc2)nc1Nc1ccc2oc(=O)[nH]c2c1. The van der Waals surface area contributed by atoms with Crippen molar-refractivity contribution in [2.75, 3.05) is 10.6 Å². The molecule has 0 spiro atoms. The zero-order valence-corrected chi connectivity index (χ0v) is 17.6. The Morgan fingerprint density at radius 1 is 1.00 bits per heavy atom. The van der Waals surface area contributed by atoms with Crippen LogP contribution in [0.25, 0.3) is 22.2 Å². The van der Waals surface area contributed by atoms with Crippen LogP contribution in [0.4, 0.5) is 23.1 Å². The van der Waals surface area contributed by atoms with Crippen molar-refractivity contribution in [3.8, 4) is 11.1 Å². The van der Waals surface area contributed by atoms with Crippen molar-refractivity contribution in [2.24, 2.45) is 0 Å². The summed E-state index contributed by atoms with van der Waals surface area (Å²) in [5, 5.41) is 7.08. The van der Waals surface area contributed by atoms with Crippen LogP contribution >= 0.6 is 11.6 Å². The molecule has 8 nitrogen and oxygen atoms in total. The van der Waals surface area contributed by atoms with E-state index in [9.17, 15) is 4.79 Å². The lowest BCUT2D eigenvalue weighted by Gasteiger charge is -2.11. The van der Waals surface area contributed by atoms with Gasteiger partial charge in [-0.15, -0.1) is 0 Å². The van der Waals surface area contributed by atoms with E-state index in [2.05, 4.69) is 30.6 Å². The van der Waals surface area contributed by atoms with E-state index in [0.29, 0.717) is 27.9 Å². The highest BCUT2D eigenvalue weighted by Crippen LogP contribution is 2.28. The number of halogens is 1. The van der Waals surface area contributed by atoms with Crippen LogP contribution in [0, 0.1) is 6.92 Å². The Hall–Kier alpha value is -4.17.